The second-order valence-electron chi connectivity index (χ2n) is 9.37. The standard InChI is InChI=1S/C20H35N3O4S/c1-5-23-18(25)19(6-12-22(13-7-19)28(4,26)27)15-20(23)8-10-21(11-9-20)17(24)14-16(2)3/h16H,5-15H2,1-4H3. The van der Waals surface area contributed by atoms with Crippen LogP contribution < -0.4 is 0 Å². The molecule has 7 nitrogen and oxygen atoms in total. The molecule has 0 unspecified atom stereocenters. The summed E-state index contributed by atoms with van der Waals surface area (Å²) in [6.07, 6.45) is 5.48. The molecule has 0 aromatic heterocycles. The zero-order valence-corrected chi connectivity index (χ0v) is 18.6. The van der Waals surface area contributed by atoms with Gasteiger partial charge >= 0.3 is 0 Å². The first-order valence-electron chi connectivity index (χ1n) is 10.6. The van der Waals surface area contributed by atoms with Crippen LogP contribution in [0.1, 0.15) is 59.3 Å². The van der Waals surface area contributed by atoms with Crippen LogP contribution in [-0.2, 0) is 19.6 Å². The Labute approximate surface area is 169 Å². The molecule has 0 aliphatic carbocycles. The second kappa shape index (κ2) is 7.59. The Kier molecular flexibility index (Phi) is 5.85. The second-order valence-corrected chi connectivity index (χ2v) is 11.4. The van der Waals surface area contributed by atoms with Crippen molar-refractivity contribution in [2.24, 2.45) is 11.3 Å². The molecular weight excluding hydrogens is 378 g/mol. The van der Waals surface area contributed by atoms with Crippen LogP contribution in [0.4, 0.5) is 0 Å². The Morgan fingerprint density at radius 3 is 2.11 bits per heavy atom. The summed E-state index contributed by atoms with van der Waals surface area (Å²) in [5.74, 6) is 0.769. The molecule has 0 saturated carbocycles. The van der Waals surface area contributed by atoms with E-state index >= 15 is 0 Å². The molecule has 2 spiro atoms. The molecule has 3 heterocycles. The number of hydrogen-bond donors (Lipinski definition) is 0. The molecule has 0 aromatic carbocycles. The topological polar surface area (TPSA) is 78.0 Å². The van der Waals surface area contributed by atoms with E-state index in [4.69, 9.17) is 0 Å². The number of rotatable bonds is 4. The third-order valence-electron chi connectivity index (χ3n) is 7.03. The minimum absolute atomic E-state index is 0.173. The lowest BCUT2D eigenvalue weighted by atomic mass is 9.71. The van der Waals surface area contributed by atoms with E-state index in [1.54, 1.807) is 0 Å². The highest BCUT2D eigenvalue weighted by atomic mass is 32.2. The maximum absolute atomic E-state index is 13.4. The van der Waals surface area contributed by atoms with Crippen molar-refractivity contribution in [2.75, 3.05) is 39.0 Å². The summed E-state index contributed by atoms with van der Waals surface area (Å²) in [7, 11) is -3.20. The first kappa shape index (κ1) is 21.6. The molecule has 3 saturated heterocycles. The average molecular weight is 414 g/mol. The van der Waals surface area contributed by atoms with Gasteiger partial charge in [-0.2, -0.15) is 0 Å². The van der Waals surface area contributed by atoms with Crippen molar-refractivity contribution in [2.45, 2.75) is 64.8 Å². The maximum atomic E-state index is 13.4. The Morgan fingerprint density at radius 2 is 1.64 bits per heavy atom. The average Bonchev–Trinajstić information content (AvgIpc) is 2.82. The fraction of sp³-hybridized carbons (Fsp3) is 0.900. The molecule has 28 heavy (non-hydrogen) atoms. The molecule has 3 rings (SSSR count). The molecule has 0 bridgehead atoms. The number of likely N-dealkylation sites (tertiary alicyclic amines) is 2. The predicted octanol–water partition coefficient (Wildman–Crippen LogP) is 1.69. The molecule has 0 atom stereocenters. The normalized spacial score (nSPS) is 25.2. The highest BCUT2D eigenvalue weighted by Crippen LogP contribution is 2.52. The summed E-state index contributed by atoms with van der Waals surface area (Å²) in [5.41, 5.74) is -0.602. The van der Waals surface area contributed by atoms with E-state index in [0.717, 1.165) is 19.3 Å². The van der Waals surface area contributed by atoms with Crippen molar-refractivity contribution in [3.05, 3.63) is 0 Å². The van der Waals surface area contributed by atoms with Crippen molar-refractivity contribution < 1.29 is 18.0 Å². The third-order valence-corrected chi connectivity index (χ3v) is 8.34. The lowest BCUT2D eigenvalue weighted by molar-refractivity contribution is -0.141. The maximum Gasteiger partial charge on any atom is 0.229 e. The fourth-order valence-electron chi connectivity index (χ4n) is 5.52. The molecule has 3 fully saturated rings. The number of carbonyl (C=O) groups is 2. The number of amides is 2. The fourth-order valence-corrected chi connectivity index (χ4v) is 6.36. The molecule has 3 aliphatic heterocycles. The van der Waals surface area contributed by atoms with Crippen LogP contribution in [0.3, 0.4) is 0 Å². The zero-order valence-electron chi connectivity index (χ0n) is 17.7. The minimum atomic E-state index is -3.20. The summed E-state index contributed by atoms with van der Waals surface area (Å²) in [6.45, 7) is 9.10. The van der Waals surface area contributed by atoms with Gasteiger partial charge in [0, 0.05) is 44.7 Å². The Hall–Kier alpha value is -1.15. The van der Waals surface area contributed by atoms with Crippen molar-refractivity contribution in [3.63, 3.8) is 0 Å². The van der Waals surface area contributed by atoms with E-state index in [1.807, 2.05) is 16.7 Å². The Bertz CT molecular complexity index is 718. The Balaban J connectivity index is 1.72. The third kappa shape index (κ3) is 3.82. The Morgan fingerprint density at radius 1 is 1.07 bits per heavy atom. The summed E-state index contributed by atoms with van der Waals surface area (Å²) in [6, 6.07) is 0. The van der Waals surface area contributed by atoms with Gasteiger partial charge in [-0.05, 0) is 44.9 Å². The molecule has 8 heteroatoms. The van der Waals surface area contributed by atoms with Gasteiger partial charge in [0.15, 0.2) is 0 Å². The first-order valence-corrected chi connectivity index (χ1v) is 12.4. The van der Waals surface area contributed by atoms with Gasteiger partial charge in [0.1, 0.15) is 0 Å². The van der Waals surface area contributed by atoms with E-state index < -0.39 is 15.4 Å². The van der Waals surface area contributed by atoms with Gasteiger partial charge in [0.2, 0.25) is 21.8 Å². The highest BCUT2D eigenvalue weighted by Gasteiger charge is 2.59. The van der Waals surface area contributed by atoms with Gasteiger partial charge in [-0.1, -0.05) is 13.8 Å². The monoisotopic (exact) mass is 413 g/mol. The van der Waals surface area contributed by atoms with Crippen molar-refractivity contribution in [1.82, 2.24) is 14.1 Å². The van der Waals surface area contributed by atoms with Gasteiger partial charge in [-0.25, -0.2) is 12.7 Å². The first-order chi connectivity index (χ1) is 13.0. The zero-order chi connectivity index (χ0) is 20.7. The summed E-state index contributed by atoms with van der Waals surface area (Å²) in [5, 5.41) is 0. The number of nitrogens with zero attached hydrogens (tertiary/aromatic N) is 3. The lowest BCUT2D eigenvalue weighted by Gasteiger charge is -2.45. The van der Waals surface area contributed by atoms with Gasteiger partial charge < -0.3 is 9.80 Å². The molecule has 0 aromatic rings. The summed E-state index contributed by atoms with van der Waals surface area (Å²) >= 11 is 0. The van der Waals surface area contributed by atoms with E-state index in [2.05, 4.69) is 13.8 Å². The number of sulfonamides is 1. The number of hydrogen-bond acceptors (Lipinski definition) is 4. The number of piperidine rings is 2. The predicted molar refractivity (Wildman–Crippen MR) is 108 cm³/mol. The largest absolute Gasteiger partial charge is 0.343 e. The summed E-state index contributed by atoms with van der Waals surface area (Å²) in [4.78, 5) is 29.8. The van der Waals surface area contributed by atoms with Crippen LogP contribution in [0, 0.1) is 11.3 Å². The van der Waals surface area contributed by atoms with Crippen molar-refractivity contribution >= 4 is 21.8 Å². The van der Waals surface area contributed by atoms with Gasteiger partial charge in [0.05, 0.1) is 11.7 Å². The van der Waals surface area contributed by atoms with Gasteiger partial charge in [-0.15, -0.1) is 0 Å². The van der Waals surface area contributed by atoms with Crippen LogP contribution in [0.25, 0.3) is 0 Å². The van der Waals surface area contributed by atoms with E-state index in [-0.39, 0.29) is 17.4 Å². The lowest BCUT2D eigenvalue weighted by Crippen LogP contribution is -2.54. The van der Waals surface area contributed by atoms with Crippen LogP contribution in [0.5, 0.6) is 0 Å². The highest BCUT2D eigenvalue weighted by molar-refractivity contribution is 7.88. The van der Waals surface area contributed by atoms with E-state index in [9.17, 15) is 18.0 Å². The van der Waals surface area contributed by atoms with Crippen LogP contribution in [-0.4, -0.2) is 78.9 Å². The van der Waals surface area contributed by atoms with Crippen LogP contribution in [0.2, 0.25) is 0 Å². The number of carbonyl (C=O) groups excluding carboxylic acids is 2. The van der Waals surface area contributed by atoms with Crippen molar-refractivity contribution in [3.8, 4) is 0 Å². The summed E-state index contributed by atoms with van der Waals surface area (Å²) < 4.78 is 25.2. The molecule has 3 aliphatic rings. The molecule has 2 amide bonds. The molecule has 0 radical (unpaired) electrons. The smallest absolute Gasteiger partial charge is 0.229 e. The molecular formula is C20H35N3O4S. The molecule has 160 valence electrons. The van der Waals surface area contributed by atoms with Gasteiger partial charge in [0.25, 0.3) is 0 Å². The van der Waals surface area contributed by atoms with Crippen LogP contribution >= 0.6 is 0 Å². The van der Waals surface area contributed by atoms with E-state index in [1.165, 1.54) is 10.6 Å². The van der Waals surface area contributed by atoms with E-state index in [0.29, 0.717) is 57.9 Å². The SMILES string of the molecule is CCN1C(=O)C2(CCN(S(C)(=O)=O)CC2)CC12CCN(C(=O)CC(C)C)CC2. The van der Waals surface area contributed by atoms with Crippen molar-refractivity contribution in [1.29, 1.82) is 0 Å². The van der Waals surface area contributed by atoms with Gasteiger partial charge in [-0.3, -0.25) is 9.59 Å². The van der Waals surface area contributed by atoms with Crippen LogP contribution in [0.15, 0.2) is 0 Å². The minimum Gasteiger partial charge on any atom is -0.343 e. The quantitative estimate of drug-likeness (QED) is 0.703. The molecule has 0 N–H and O–H groups in total.